The van der Waals surface area contributed by atoms with Crippen LogP contribution in [-0.2, 0) is 9.59 Å². The number of halogens is 1. The Kier molecular flexibility index (Phi) is 4.87. The molecule has 6 nitrogen and oxygen atoms in total. The summed E-state index contributed by atoms with van der Waals surface area (Å²) >= 11 is 1.61. The van der Waals surface area contributed by atoms with Gasteiger partial charge in [0.1, 0.15) is 5.82 Å². The maximum absolute atomic E-state index is 13.2. The zero-order valence-corrected chi connectivity index (χ0v) is 18.5. The van der Waals surface area contributed by atoms with Gasteiger partial charge in [0.05, 0.1) is 17.5 Å². The second-order valence-electron chi connectivity index (χ2n) is 9.18. The van der Waals surface area contributed by atoms with E-state index in [1.807, 2.05) is 5.38 Å². The molecule has 0 N–H and O–H groups in total. The van der Waals surface area contributed by atoms with Gasteiger partial charge in [-0.25, -0.2) is 9.37 Å². The third-order valence-corrected chi connectivity index (χ3v) is 8.38. The Hall–Kier alpha value is -2.58. The molecule has 4 aliphatic rings. The highest BCUT2D eigenvalue weighted by Gasteiger charge is 2.59. The van der Waals surface area contributed by atoms with E-state index in [4.69, 9.17) is 4.98 Å². The molecule has 2 aromatic rings. The standard InChI is InChI=1S/C24H25FN4O2S/c25-18-5-3-15(4-6-18)19-14-32-24(26-19)28-10-7-27(8-11-28)9-12-29-22(30)20-16-1-2-17(13-16)21(20)23(29)31/h1-6,14,16-17,20-21H,7-13H2/t16-,17-,20-,21-/m0/s1. The van der Waals surface area contributed by atoms with E-state index < -0.39 is 0 Å². The molecule has 0 radical (unpaired) electrons. The SMILES string of the molecule is O=C1[C@@H]2[C@@H](C(=O)N1CCN1CCN(c3nc(-c4ccc(F)cc4)cs3)CC1)[C@H]1C=C[C@H]2C1. The number of carbonyl (C=O) groups is 2. The molecule has 3 heterocycles. The van der Waals surface area contributed by atoms with E-state index in [9.17, 15) is 14.0 Å². The maximum Gasteiger partial charge on any atom is 0.233 e. The molecule has 2 aliphatic heterocycles. The number of piperazine rings is 1. The van der Waals surface area contributed by atoms with Gasteiger partial charge in [-0.2, -0.15) is 0 Å². The molecule has 166 valence electrons. The maximum atomic E-state index is 13.2. The van der Waals surface area contributed by atoms with Crippen molar-refractivity contribution in [1.82, 2.24) is 14.8 Å². The van der Waals surface area contributed by atoms with Crippen molar-refractivity contribution in [2.45, 2.75) is 6.42 Å². The van der Waals surface area contributed by atoms with Crippen molar-refractivity contribution in [2.24, 2.45) is 23.7 Å². The first-order chi connectivity index (χ1) is 15.6. The fourth-order valence-corrected chi connectivity index (χ4v) is 6.64. The first kappa shape index (κ1) is 20.1. The molecule has 2 amide bonds. The van der Waals surface area contributed by atoms with Crippen molar-refractivity contribution >= 4 is 28.3 Å². The van der Waals surface area contributed by atoms with Gasteiger partial charge in [0.2, 0.25) is 11.8 Å². The average molecular weight is 453 g/mol. The van der Waals surface area contributed by atoms with E-state index >= 15 is 0 Å². The van der Waals surface area contributed by atoms with Crippen LogP contribution >= 0.6 is 11.3 Å². The van der Waals surface area contributed by atoms with Crippen LogP contribution in [0.25, 0.3) is 11.3 Å². The quantitative estimate of drug-likeness (QED) is 0.516. The number of benzene rings is 1. The molecule has 0 spiro atoms. The van der Waals surface area contributed by atoms with Crippen molar-refractivity contribution in [2.75, 3.05) is 44.2 Å². The normalized spacial score (nSPS) is 29.4. The third kappa shape index (κ3) is 3.28. The highest BCUT2D eigenvalue weighted by molar-refractivity contribution is 7.14. The number of anilines is 1. The summed E-state index contributed by atoms with van der Waals surface area (Å²) in [4.78, 5) is 36.6. The molecular weight excluding hydrogens is 427 g/mol. The molecule has 2 aliphatic carbocycles. The summed E-state index contributed by atoms with van der Waals surface area (Å²) in [6.45, 7) is 4.69. The number of hydrogen-bond donors (Lipinski definition) is 0. The Morgan fingerprint density at radius 3 is 2.25 bits per heavy atom. The van der Waals surface area contributed by atoms with Crippen LogP contribution in [0.15, 0.2) is 41.8 Å². The van der Waals surface area contributed by atoms with Crippen LogP contribution in [0.1, 0.15) is 6.42 Å². The van der Waals surface area contributed by atoms with Crippen LogP contribution in [-0.4, -0.2) is 65.9 Å². The fraction of sp³-hybridized carbons (Fsp3) is 0.458. The number of carbonyl (C=O) groups excluding carboxylic acids is 2. The topological polar surface area (TPSA) is 56.8 Å². The lowest BCUT2D eigenvalue weighted by Gasteiger charge is -2.35. The van der Waals surface area contributed by atoms with E-state index in [2.05, 4.69) is 22.0 Å². The number of thiazole rings is 1. The molecule has 2 bridgehead atoms. The molecule has 3 fully saturated rings. The first-order valence-corrected chi connectivity index (χ1v) is 12.2. The molecule has 8 heteroatoms. The second-order valence-corrected chi connectivity index (χ2v) is 10.0. The number of hydrogen-bond acceptors (Lipinski definition) is 6. The predicted octanol–water partition coefficient (Wildman–Crippen LogP) is 2.88. The number of likely N-dealkylation sites (tertiary alicyclic amines) is 1. The van der Waals surface area contributed by atoms with Gasteiger partial charge in [-0.1, -0.05) is 12.2 Å². The van der Waals surface area contributed by atoms with Crippen molar-refractivity contribution in [3.8, 4) is 11.3 Å². The highest BCUT2D eigenvalue weighted by atomic mass is 32.1. The summed E-state index contributed by atoms with van der Waals surface area (Å²) in [6.07, 6.45) is 5.25. The van der Waals surface area contributed by atoms with Gasteiger partial charge in [-0.15, -0.1) is 11.3 Å². The Morgan fingerprint density at radius 2 is 1.59 bits per heavy atom. The van der Waals surface area contributed by atoms with E-state index in [-0.39, 0.29) is 41.3 Å². The van der Waals surface area contributed by atoms with Crippen LogP contribution < -0.4 is 4.90 Å². The van der Waals surface area contributed by atoms with E-state index in [1.165, 1.54) is 17.0 Å². The van der Waals surface area contributed by atoms with Gasteiger partial charge < -0.3 is 4.90 Å². The van der Waals surface area contributed by atoms with E-state index in [1.54, 1.807) is 23.5 Å². The predicted molar refractivity (Wildman–Crippen MR) is 121 cm³/mol. The lowest BCUT2D eigenvalue weighted by atomic mass is 9.85. The van der Waals surface area contributed by atoms with Gasteiger partial charge >= 0.3 is 0 Å². The zero-order valence-electron chi connectivity index (χ0n) is 17.7. The minimum atomic E-state index is -0.245. The summed E-state index contributed by atoms with van der Waals surface area (Å²) < 4.78 is 13.2. The summed E-state index contributed by atoms with van der Waals surface area (Å²) in [7, 11) is 0. The van der Waals surface area contributed by atoms with Crippen molar-refractivity contribution < 1.29 is 14.0 Å². The summed E-state index contributed by atoms with van der Waals surface area (Å²) in [5, 5.41) is 2.99. The number of fused-ring (bicyclic) bond motifs is 5. The van der Waals surface area contributed by atoms with Gasteiger partial charge in [0, 0.05) is 50.2 Å². The Morgan fingerprint density at radius 1 is 0.938 bits per heavy atom. The number of imide groups is 1. The third-order valence-electron chi connectivity index (χ3n) is 7.48. The van der Waals surface area contributed by atoms with E-state index in [0.717, 1.165) is 55.5 Å². The Bertz CT molecular complexity index is 1050. The summed E-state index contributed by atoms with van der Waals surface area (Å²) in [5.41, 5.74) is 1.79. The second kappa shape index (κ2) is 7.78. The van der Waals surface area contributed by atoms with Crippen molar-refractivity contribution in [3.63, 3.8) is 0 Å². The molecular formula is C24H25FN4O2S. The van der Waals surface area contributed by atoms with Crippen molar-refractivity contribution in [3.05, 3.63) is 47.6 Å². The number of rotatable bonds is 5. The first-order valence-electron chi connectivity index (χ1n) is 11.3. The zero-order chi connectivity index (χ0) is 21.8. The molecule has 0 unspecified atom stereocenters. The van der Waals surface area contributed by atoms with Crippen LogP contribution in [0.2, 0.25) is 0 Å². The van der Waals surface area contributed by atoms with Gasteiger partial charge in [0.15, 0.2) is 5.13 Å². The molecule has 1 saturated carbocycles. The fourth-order valence-electron chi connectivity index (χ4n) is 5.75. The Labute approximate surface area is 190 Å². The lowest BCUT2D eigenvalue weighted by molar-refractivity contribution is -0.140. The summed E-state index contributed by atoms with van der Waals surface area (Å²) in [5.74, 6) is 0.188. The molecule has 1 aromatic carbocycles. The summed E-state index contributed by atoms with van der Waals surface area (Å²) in [6, 6.07) is 6.42. The molecule has 2 saturated heterocycles. The molecule has 4 atom stereocenters. The molecule has 1 aromatic heterocycles. The molecule has 6 rings (SSSR count). The smallest absolute Gasteiger partial charge is 0.233 e. The van der Waals surface area contributed by atoms with Crippen LogP contribution in [0.3, 0.4) is 0 Å². The molecule has 32 heavy (non-hydrogen) atoms. The van der Waals surface area contributed by atoms with Crippen LogP contribution in [0.5, 0.6) is 0 Å². The van der Waals surface area contributed by atoms with Gasteiger partial charge in [-0.3, -0.25) is 19.4 Å². The number of allylic oxidation sites excluding steroid dienone is 2. The van der Waals surface area contributed by atoms with Crippen LogP contribution in [0, 0.1) is 29.5 Å². The lowest BCUT2D eigenvalue weighted by Crippen LogP contribution is -2.49. The number of aromatic nitrogens is 1. The highest BCUT2D eigenvalue weighted by Crippen LogP contribution is 2.52. The number of nitrogens with zero attached hydrogens (tertiary/aromatic N) is 4. The number of amides is 2. The largest absolute Gasteiger partial charge is 0.346 e. The van der Waals surface area contributed by atoms with Gasteiger partial charge in [-0.05, 0) is 42.5 Å². The average Bonchev–Trinajstić information content (AvgIpc) is 3.59. The Balaban J connectivity index is 1.03. The van der Waals surface area contributed by atoms with Crippen molar-refractivity contribution in [1.29, 1.82) is 0 Å². The minimum Gasteiger partial charge on any atom is -0.346 e. The van der Waals surface area contributed by atoms with E-state index in [0.29, 0.717) is 6.54 Å². The minimum absolute atomic E-state index is 0.0478. The van der Waals surface area contributed by atoms with Gasteiger partial charge in [0.25, 0.3) is 0 Å². The van der Waals surface area contributed by atoms with Crippen LogP contribution in [0.4, 0.5) is 9.52 Å². The monoisotopic (exact) mass is 452 g/mol.